The molecule has 0 bridgehead atoms. The van der Waals surface area contributed by atoms with Gasteiger partial charge in [0.1, 0.15) is 11.3 Å². The summed E-state index contributed by atoms with van der Waals surface area (Å²) in [5.41, 5.74) is 3.13. The summed E-state index contributed by atoms with van der Waals surface area (Å²) in [7, 11) is 6.15. The third kappa shape index (κ3) is 4.41. The van der Waals surface area contributed by atoms with Crippen LogP contribution >= 0.6 is 11.8 Å². The molecule has 7 nitrogen and oxygen atoms in total. The molecule has 1 aromatic heterocycles. The summed E-state index contributed by atoms with van der Waals surface area (Å²) < 4.78 is 23.6. The van der Waals surface area contributed by atoms with E-state index in [2.05, 4.69) is 25.1 Å². The summed E-state index contributed by atoms with van der Waals surface area (Å²) >= 11 is 1.47. The molecule has 4 rings (SSSR count). The van der Waals surface area contributed by atoms with Crippen molar-refractivity contribution in [3.63, 3.8) is 0 Å². The Labute approximate surface area is 202 Å². The maximum atomic E-state index is 13.9. The van der Waals surface area contributed by atoms with E-state index in [1.807, 2.05) is 30.3 Å². The molecule has 0 amide bonds. The molecule has 8 heteroatoms. The molecular formula is C26H26N2O5S. The first-order chi connectivity index (χ1) is 16.5. The Kier molecular flexibility index (Phi) is 6.98. The Balaban J connectivity index is 1.98. The van der Waals surface area contributed by atoms with Crippen molar-refractivity contribution in [2.45, 2.75) is 17.8 Å². The standard InChI is InChI=1S/C26H26N2O5S/c1-16-8-6-9-17(12-16)15-34-26-27-22-20(14-21(31-3)23(32-4)24(22)33-5)25(29)28(26)18-10-7-11-19(13-18)30-2/h6-14H,15H2,1-5H3. The lowest BCUT2D eigenvalue weighted by Crippen LogP contribution is -2.22. The quantitative estimate of drug-likeness (QED) is 0.260. The highest BCUT2D eigenvalue weighted by Crippen LogP contribution is 2.42. The maximum Gasteiger partial charge on any atom is 0.266 e. The van der Waals surface area contributed by atoms with Crippen LogP contribution in [-0.2, 0) is 5.75 Å². The largest absolute Gasteiger partial charge is 0.497 e. The number of ether oxygens (including phenoxy) is 4. The van der Waals surface area contributed by atoms with E-state index in [1.54, 1.807) is 17.7 Å². The third-order valence-corrected chi connectivity index (χ3v) is 6.41. The fourth-order valence-electron chi connectivity index (χ4n) is 3.79. The van der Waals surface area contributed by atoms with Crippen molar-refractivity contribution in [1.82, 2.24) is 9.55 Å². The number of hydrogen-bond donors (Lipinski definition) is 0. The van der Waals surface area contributed by atoms with Crippen LogP contribution in [0.4, 0.5) is 0 Å². The second-order valence-electron chi connectivity index (χ2n) is 7.56. The molecule has 3 aromatic carbocycles. The smallest absolute Gasteiger partial charge is 0.266 e. The van der Waals surface area contributed by atoms with Gasteiger partial charge in [0.2, 0.25) is 5.75 Å². The SMILES string of the molecule is COc1cccc(-n2c(SCc3cccc(C)c3)nc3c(OC)c(OC)c(OC)cc3c2=O)c1. The zero-order chi connectivity index (χ0) is 24.2. The van der Waals surface area contributed by atoms with Gasteiger partial charge in [-0.3, -0.25) is 9.36 Å². The van der Waals surface area contributed by atoms with Crippen molar-refractivity contribution >= 4 is 22.7 Å². The van der Waals surface area contributed by atoms with Gasteiger partial charge in [-0.15, -0.1) is 0 Å². The van der Waals surface area contributed by atoms with Crippen LogP contribution in [-0.4, -0.2) is 38.0 Å². The minimum atomic E-state index is -0.246. The fourth-order valence-corrected chi connectivity index (χ4v) is 4.74. The number of nitrogens with zero attached hydrogens (tertiary/aromatic N) is 2. The molecule has 0 spiro atoms. The van der Waals surface area contributed by atoms with Crippen LogP contribution in [0, 0.1) is 6.92 Å². The summed E-state index contributed by atoms with van der Waals surface area (Å²) in [6.45, 7) is 2.05. The summed E-state index contributed by atoms with van der Waals surface area (Å²) in [5.74, 6) is 2.41. The van der Waals surface area contributed by atoms with Crippen LogP contribution in [0.3, 0.4) is 0 Å². The van der Waals surface area contributed by atoms with Gasteiger partial charge in [0, 0.05) is 11.8 Å². The lowest BCUT2D eigenvalue weighted by molar-refractivity contribution is 0.326. The number of methoxy groups -OCH3 is 4. The average Bonchev–Trinajstić information content (AvgIpc) is 2.86. The Morgan fingerprint density at radius 3 is 2.32 bits per heavy atom. The van der Waals surface area contributed by atoms with Gasteiger partial charge < -0.3 is 18.9 Å². The molecule has 4 aromatic rings. The van der Waals surface area contributed by atoms with Gasteiger partial charge in [0.15, 0.2) is 16.7 Å². The molecule has 0 saturated carbocycles. The monoisotopic (exact) mass is 478 g/mol. The molecule has 0 N–H and O–H groups in total. The summed E-state index contributed by atoms with van der Waals surface area (Å²) in [5, 5.41) is 0.884. The fraction of sp³-hybridized carbons (Fsp3) is 0.231. The Hall–Kier alpha value is -3.65. The zero-order valence-corrected chi connectivity index (χ0v) is 20.6. The Bertz CT molecular complexity index is 1400. The number of aryl methyl sites for hydroxylation is 1. The number of aromatic nitrogens is 2. The predicted octanol–water partition coefficient (Wildman–Crippen LogP) is 5.02. The molecule has 0 radical (unpaired) electrons. The van der Waals surface area contributed by atoms with E-state index in [-0.39, 0.29) is 5.56 Å². The van der Waals surface area contributed by atoms with Crippen LogP contribution in [0.1, 0.15) is 11.1 Å². The van der Waals surface area contributed by atoms with Gasteiger partial charge in [-0.25, -0.2) is 4.98 Å². The Morgan fingerprint density at radius 1 is 0.882 bits per heavy atom. The van der Waals surface area contributed by atoms with Crippen LogP contribution in [0.25, 0.3) is 16.6 Å². The molecule has 34 heavy (non-hydrogen) atoms. The van der Waals surface area contributed by atoms with E-state index in [4.69, 9.17) is 23.9 Å². The van der Waals surface area contributed by atoms with Gasteiger partial charge in [-0.2, -0.15) is 0 Å². The van der Waals surface area contributed by atoms with Crippen molar-refractivity contribution in [3.8, 4) is 28.7 Å². The maximum absolute atomic E-state index is 13.9. The Morgan fingerprint density at radius 2 is 1.65 bits per heavy atom. The number of fused-ring (bicyclic) bond motifs is 1. The van der Waals surface area contributed by atoms with Gasteiger partial charge in [-0.1, -0.05) is 47.7 Å². The van der Waals surface area contributed by atoms with E-state index in [0.29, 0.717) is 50.5 Å². The van der Waals surface area contributed by atoms with Crippen molar-refractivity contribution in [3.05, 3.63) is 76.1 Å². The lowest BCUT2D eigenvalue weighted by Gasteiger charge is -2.18. The first-order valence-electron chi connectivity index (χ1n) is 10.6. The lowest BCUT2D eigenvalue weighted by atomic mass is 10.2. The van der Waals surface area contributed by atoms with Crippen molar-refractivity contribution < 1.29 is 18.9 Å². The first kappa shape index (κ1) is 23.5. The molecule has 0 aliphatic heterocycles. The highest BCUT2D eigenvalue weighted by Gasteiger charge is 2.23. The van der Waals surface area contributed by atoms with Crippen molar-refractivity contribution in [2.24, 2.45) is 0 Å². The van der Waals surface area contributed by atoms with E-state index in [0.717, 1.165) is 5.56 Å². The minimum absolute atomic E-state index is 0.246. The highest BCUT2D eigenvalue weighted by molar-refractivity contribution is 7.98. The molecule has 0 aliphatic rings. The van der Waals surface area contributed by atoms with E-state index in [1.165, 1.54) is 38.7 Å². The van der Waals surface area contributed by atoms with Crippen LogP contribution in [0.5, 0.6) is 23.0 Å². The number of hydrogen-bond acceptors (Lipinski definition) is 7. The van der Waals surface area contributed by atoms with E-state index in [9.17, 15) is 4.79 Å². The number of benzene rings is 3. The predicted molar refractivity (Wildman–Crippen MR) is 134 cm³/mol. The molecule has 1 heterocycles. The van der Waals surface area contributed by atoms with Gasteiger partial charge in [-0.05, 0) is 30.7 Å². The minimum Gasteiger partial charge on any atom is -0.497 e. The molecule has 0 unspecified atom stereocenters. The molecule has 0 atom stereocenters. The van der Waals surface area contributed by atoms with E-state index < -0.39 is 0 Å². The summed E-state index contributed by atoms with van der Waals surface area (Å²) in [4.78, 5) is 18.8. The summed E-state index contributed by atoms with van der Waals surface area (Å²) in [6, 6.07) is 17.2. The first-order valence-corrected chi connectivity index (χ1v) is 11.6. The van der Waals surface area contributed by atoms with Crippen molar-refractivity contribution in [1.29, 1.82) is 0 Å². The van der Waals surface area contributed by atoms with Crippen LogP contribution < -0.4 is 24.5 Å². The normalized spacial score (nSPS) is 10.9. The second kappa shape index (κ2) is 10.1. The summed E-state index contributed by atoms with van der Waals surface area (Å²) in [6.07, 6.45) is 0. The molecular weight excluding hydrogens is 452 g/mol. The number of thioether (sulfide) groups is 1. The van der Waals surface area contributed by atoms with Gasteiger partial charge >= 0.3 is 0 Å². The van der Waals surface area contributed by atoms with E-state index >= 15 is 0 Å². The molecule has 0 aliphatic carbocycles. The molecule has 0 saturated heterocycles. The van der Waals surface area contributed by atoms with Crippen LogP contribution in [0.2, 0.25) is 0 Å². The van der Waals surface area contributed by atoms with Gasteiger partial charge in [0.25, 0.3) is 5.56 Å². The van der Waals surface area contributed by atoms with Gasteiger partial charge in [0.05, 0.1) is 39.5 Å². The molecule has 0 fully saturated rings. The third-order valence-electron chi connectivity index (χ3n) is 5.40. The highest BCUT2D eigenvalue weighted by atomic mass is 32.2. The number of rotatable bonds is 8. The molecule has 176 valence electrons. The topological polar surface area (TPSA) is 71.8 Å². The van der Waals surface area contributed by atoms with Crippen LogP contribution in [0.15, 0.2) is 64.5 Å². The zero-order valence-electron chi connectivity index (χ0n) is 19.7. The van der Waals surface area contributed by atoms with Crippen molar-refractivity contribution in [2.75, 3.05) is 28.4 Å². The average molecular weight is 479 g/mol. The second-order valence-corrected chi connectivity index (χ2v) is 8.50.